The van der Waals surface area contributed by atoms with Crippen molar-refractivity contribution in [1.29, 1.82) is 0 Å². The Kier molecular flexibility index (Phi) is 5.11. The number of halogens is 1. The van der Waals surface area contributed by atoms with Gasteiger partial charge in [-0.25, -0.2) is 15.0 Å². The predicted molar refractivity (Wildman–Crippen MR) is 98.6 cm³/mol. The Morgan fingerprint density at radius 1 is 1.28 bits per heavy atom. The number of anilines is 3. The molecule has 1 unspecified atom stereocenters. The summed E-state index contributed by atoms with van der Waals surface area (Å²) in [6.45, 7) is 2.33. The van der Waals surface area contributed by atoms with Crippen LogP contribution < -0.4 is 16.4 Å². The maximum Gasteiger partial charge on any atom is 0.227 e. The van der Waals surface area contributed by atoms with E-state index in [9.17, 15) is 0 Å². The van der Waals surface area contributed by atoms with Crippen molar-refractivity contribution in [2.75, 3.05) is 29.5 Å². The van der Waals surface area contributed by atoms with Crippen LogP contribution in [0.3, 0.4) is 0 Å². The first kappa shape index (κ1) is 17.1. The summed E-state index contributed by atoms with van der Waals surface area (Å²) in [6.07, 6.45) is 1.35. The number of rotatable bonds is 6. The minimum atomic E-state index is -0.168. The monoisotopic (exact) mass is 359 g/mol. The number of nitrogens with zero attached hydrogens (tertiary/aromatic N) is 4. The second kappa shape index (κ2) is 7.45. The average Bonchev–Trinajstić information content (AvgIpc) is 2.59. The molecule has 0 aliphatic heterocycles. The van der Waals surface area contributed by atoms with Gasteiger partial charge in [-0.15, -0.1) is 0 Å². The molecule has 3 aromatic rings. The van der Waals surface area contributed by atoms with Crippen LogP contribution in [0.4, 0.5) is 17.7 Å². The van der Waals surface area contributed by atoms with Crippen LogP contribution in [-0.4, -0.2) is 38.2 Å². The van der Waals surface area contributed by atoms with Crippen molar-refractivity contribution in [1.82, 2.24) is 19.9 Å². The summed E-state index contributed by atoms with van der Waals surface area (Å²) >= 11 is 6.25. The fourth-order valence-electron chi connectivity index (χ4n) is 2.47. The molecule has 0 saturated heterocycles. The fourth-order valence-corrected chi connectivity index (χ4v) is 2.70. The second-order valence-corrected chi connectivity index (χ2v) is 5.83. The molecule has 9 heteroatoms. The highest BCUT2D eigenvalue weighted by molar-refractivity contribution is 6.35. The summed E-state index contributed by atoms with van der Waals surface area (Å²) in [5.41, 5.74) is 7.18. The van der Waals surface area contributed by atoms with Gasteiger partial charge < -0.3 is 21.5 Å². The van der Waals surface area contributed by atoms with Gasteiger partial charge in [0.1, 0.15) is 12.1 Å². The molecular weight excluding hydrogens is 342 g/mol. The van der Waals surface area contributed by atoms with Crippen LogP contribution >= 0.6 is 11.6 Å². The minimum Gasteiger partial charge on any atom is -0.395 e. The lowest BCUT2D eigenvalue weighted by Crippen LogP contribution is -2.15. The zero-order valence-electron chi connectivity index (χ0n) is 13.6. The first-order valence-corrected chi connectivity index (χ1v) is 8.11. The summed E-state index contributed by atoms with van der Waals surface area (Å²) in [5, 5.41) is 16.9. The molecule has 0 fully saturated rings. The fraction of sp³-hybridized carbons (Fsp3) is 0.250. The van der Waals surface area contributed by atoms with Crippen molar-refractivity contribution < 1.29 is 5.11 Å². The largest absolute Gasteiger partial charge is 0.395 e. The lowest BCUT2D eigenvalue weighted by molar-refractivity contribution is 0.311. The summed E-state index contributed by atoms with van der Waals surface area (Å²) in [4.78, 5) is 16.5. The maximum atomic E-state index is 9.12. The van der Waals surface area contributed by atoms with Gasteiger partial charge in [-0.05, 0) is 19.1 Å². The van der Waals surface area contributed by atoms with Crippen molar-refractivity contribution in [3.63, 3.8) is 0 Å². The Labute approximate surface area is 149 Å². The van der Waals surface area contributed by atoms with Crippen LogP contribution in [0.15, 0.2) is 30.6 Å². The van der Waals surface area contributed by atoms with Crippen molar-refractivity contribution in [3.8, 4) is 0 Å². The number of aliphatic hydroxyl groups is 1. The predicted octanol–water partition coefficient (Wildman–Crippen LogP) is 2.23. The van der Waals surface area contributed by atoms with E-state index in [0.29, 0.717) is 28.9 Å². The third-order valence-electron chi connectivity index (χ3n) is 3.63. The molecule has 3 rings (SSSR count). The Hall–Kier alpha value is -2.71. The van der Waals surface area contributed by atoms with E-state index in [0.717, 1.165) is 10.9 Å². The molecular formula is C16H18ClN7O. The lowest BCUT2D eigenvalue weighted by Gasteiger charge is -2.19. The van der Waals surface area contributed by atoms with Gasteiger partial charge in [0.05, 0.1) is 23.2 Å². The first-order chi connectivity index (χ1) is 12.1. The van der Waals surface area contributed by atoms with Crippen molar-refractivity contribution in [3.05, 3.63) is 41.2 Å². The number of nitrogens with two attached hydrogens (primary N) is 1. The van der Waals surface area contributed by atoms with Crippen LogP contribution in [0.25, 0.3) is 10.9 Å². The van der Waals surface area contributed by atoms with Gasteiger partial charge in [-0.3, -0.25) is 0 Å². The number of nitrogen functional groups attached to an aromatic ring is 1. The van der Waals surface area contributed by atoms with Gasteiger partial charge in [-0.1, -0.05) is 23.7 Å². The molecule has 0 saturated carbocycles. The number of hydrogen-bond donors (Lipinski definition) is 4. The van der Waals surface area contributed by atoms with Crippen molar-refractivity contribution >= 4 is 40.2 Å². The highest BCUT2D eigenvalue weighted by Crippen LogP contribution is 2.30. The molecule has 0 spiro atoms. The van der Waals surface area contributed by atoms with E-state index < -0.39 is 0 Å². The van der Waals surface area contributed by atoms with E-state index in [4.69, 9.17) is 22.4 Å². The first-order valence-electron chi connectivity index (χ1n) is 7.73. The highest BCUT2D eigenvalue weighted by Gasteiger charge is 2.16. The van der Waals surface area contributed by atoms with E-state index in [-0.39, 0.29) is 18.6 Å². The zero-order valence-corrected chi connectivity index (χ0v) is 14.3. The highest BCUT2D eigenvalue weighted by atomic mass is 35.5. The number of aromatic nitrogens is 4. The van der Waals surface area contributed by atoms with Gasteiger partial charge in [-0.2, -0.15) is 4.98 Å². The van der Waals surface area contributed by atoms with E-state index in [1.165, 1.54) is 6.33 Å². The van der Waals surface area contributed by atoms with Crippen LogP contribution in [0.5, 0.6) is 0 Å². The number of hydrogen-bond acceptors (Lipinski definition) is 8. The van der Waals surface area contributed by atoms with Gasteiger partial charge in [0, 0.05) is 17.5 Å². The number of pyridine rings is 1. The maximum absolute atomic E-state index is 9.12. The third-order valence-corrected chi connectivity index (χ3v) is 3.94. The molecule has 130 valence electrons. The molecule has 25 heavy (non-hydrogen) atoms. The van der Waals surface area contributed by atoms with Gasteiger partial charge in [0.2, 0.25) is 11.9 Å². The SMILES string of the molecule is CC(Nc1ncnc(N)n1)c1cc2cccc(Cl)c2nc1NCCO. The Balaban J connectivity index is 1.99. The molecule has 0 radical (unpaired) electrons. The molecule has 0 bridgehead atoms. The Bertz CT molecular complexity index is 889. The molecule has 1 atom stereocenters. The quantitative estimate of drug-likeness (QED) is 0.528. The Morgan fingerprint density at radius 2 is 2.12 bits per heavy atom. The van der Waals surface area contributed by atoms with Gasteiger partial charge in [0.15, 0.2) is 0 Å². The standard InChI is InChI=1S/C16H18ClN7O/c1-9(22-16-21-8-20-15(18)24-16)11-7-10-3-2-4-12(17)13(10)23-14(11)19-5-6-25/h2-4,7-9,25H,5-6H2,1H3,(H,19,23)(H3,18,20,21,22,24). The molecule has 1 aromatic carbocycles. The molecule has 2 aromatic heterocycles. The van der Waals surface area contributed by atoms with E-state index in [2.05, 4.69) is 30.6 Å². The number of nitrogens with one attached hydrogen (secondary N) is 2. The lowest BCUT2D eigenvalue weighted by atomic mass is 10.1. The van der Waals surface area contributed by atoms with Crippen LogP contribution in [0, 0.1) is 0 Å². The van der Waals surface area contributed by atoms with E-state index in [1.54, 1.807) is 6.07 Å². The normalized spacial score (nSPS) is 12.1. The van der Waals surface area contributed by atoms with Crippen LogP contribution in [0.1, 0.15) is 18.5 Å². The number of para-hydroxylation sites is 1. The number of aliphatic hydroxyl groups excluding tert-OH is 1. The summed E-state index contributed by atoms with van der Waals surface area (Å²) in [6, 6.07) is 7.44. The molecule has 0 aliphatic rings. The molecule has 2 heterocycles. The number of benzene rings is 1. The van der Waals surface area contributed by atoms with Crippen LogP contribution in [0.2, 0.25) is 5.02 Å². The smallest absolute Gasteiger partial charge is 0.227 e. The average molecular weight is 360 g/mol. The van der Waals surface area contributed by atoms with Gasteiger partial charge >= 0.3 is 0 Å². The zero-order chi connectivity index (χ0) is 17.8. The molecule has 5 N–H and O–H groups in total. The summed E-state index contributed by atoms with van der Waals surface area (Å²) in [7, 11) is 0. The number of fused-ring (bicyclic) bond motifs is 1. The van der Waals surface area contributed by atoms with Gasteiger partial charge in [0.25, 0.3) is 0 Å². The second-order valence-electron chi connectivity index (χ2n) is 5.42. The van der Waals surface area contributed by atoms with Crippen molar-refractivity contribution in [2.24, 2.45) is 0 Å². The molecule has 8 nitrogen and oxygen atoms in total. The van der Waals surface area contributed by atoms with Crippen molar-refractivity contribution in [2.45, 2.75) is 13.0 Å². The molecule has 0 aliphatic carbocycles. The van der Waals surface area contributed by atoms with E-state index in [1.807, 2.05) is 25.1 Å². The minimum absolute atomic E-state index is 0.00646. The van der Waals surface area contributed by atoms with Crippen LogP contribution in [-0.2, 0) is 0 Å². The third kappa shape index (κ3) is 3.86. The summed E-state index contributed by atoms with van der Waals surface area (Å²) in [5.74, 6) is 1.16. The Morgan fingerprint density at radius 3 is 2.88 bits per heavy atom. The topological polar surface area (TPSA) is 122 Å². The molecule has 0 amide bonds. The summed E-state index contributed by atoms with van der Waals surface area (Å²) < 4.78 is 0. The van der Waals surface area contributed by atoms with E-state index >= 15 is 0 Å².